The molecule has 0 saturated carbocycles. The molecule has 5 heterocycles. The second-order valence-corrected chi connectivity index (χ2v) is 9.72. The van der Waals surface area contributed by atoms with E-state index in [4.69, 9.17) is 9.15 Å². The van der Waals surface area contributed by atoms with Crippen molar-refractivity contribution in [1.29, 1.82) is 0 Å². The summed E-state index contributed by atoms with van der Waals surface area (Å²) in [5, 5.41) is 5.22. The number of aromatic nitrogens is 1. The van der Waals surface area contributed by atoms with E-state index in [9.17, 15) is 19.2 Å². The minimum absolute atomic E-state index is 0.0159. The summed E-state index contributed by atoms with van der Waals surface area (Å²) in [5.74, 6) is 0.395. The number of benzene rings is 1. The molecule has 1 aromatic carbocycles. The highest BCUT2D eigenvalue weighted by Gasteiger charge is 2.53. The van der Waals surface area contributed by atoms with Crippen LogP contribution in [0.15, 0.2) is 53.2 Å². The summed E-state index contributed by atoms with van der Waals surface area (Å²) < 4.78 is 11.4. The van der Waals surface area contributed by atoms with Gasteiger partial charge >= 0.3 is 6.03 Å². The number of fused-ring (bicyclic) bond motifs is 2. The number of carbonyl (C=O) groups is 4. The first-order valence-electron chi connectivity index (χ1n) is 12.2. The Balaban J connectivity index is 1.26. The Hall–Kier alpha value is -4.67. The van der Waals surface area contributed by atoms with Crippen LogP contribution in [0.4, 0.5) is 10.5 Å². The predicted molar refractivity (Wildman–Crippen MR) is 133 cm³/mol. The van der Waals surface area contributed by atoms with Gasteiger partial charge in [-0.05, 0) is 35.9 Å². The maximum absolute atomic E-state index is 13.2. The minimum Gasteiger partial charge on any atom is -0.497 e. The van der Waals surface area contributed by atoms with E-state index >= 15 is 0 Å². The van der Waals surface area contributed by atoms with E-state index in [1.54, 1.807) is 52.5 Å². The third kappa shape index (κ3) is 3.96. The number of ether oxygens (including phenoxy) is 1. The molecule has 11 heteroatoms. The van der Waals surface area contributed by atoms with Crippen molar-refractivity contribution in [2.75, 3.05) is 25.5 Å². The van der Waals surface area contributed by atoms with Gasteiger partial charge < -0.3 is 24.3 Å². The van der Waals surface area contributed by atoms with Crippen LogP contribution >= 0.6 is 0 Å². The zero-order valence-corrected chi connectivity index (χ0v) is 20.7. The minimum atomic E-state index is -1.36. The molecule has 0 bridgehead atoms. The number of urea groups is 1. The molecule has 5 amide bonds. The lowest BCUT2D eigenvalue weighted by atomic mass is 9.82. The Labute approximate surface area is 217 Å². The Kier molecular flexibility index (Phi) is 5.63. The molecule has 2 aromatic heterocycles. The van der Waals surface area contributed by atoms with Crippen molar-refractivity contribution < 1.29 is 28.3 Å². The number of anilines is 1. The monoisotopic (exact) mass is 515 g/mol. The van der Waals surface area contributed by atoms with Crippen LogP contribution in [-0.2, 0) is 34.5 Å². The largest absolute Gasteiger partial charge is 0.497 e. The molecular weight excluding hydrogens is 490 g/mol. The number of nitrogens with zero attached hydrogens (tertiary/aromatic N) is 3. The van der Waals surface area contributed by atoms with Crippen molar-refractivity contribution in [2.45, 2.75) is 31.3 Å². The number of pyridine rings is 1. The summed E-state index contributed by atoms with van der Waals surface area (Å²) in [5.41, 5.74) is 1.33. The zero-order valence-electron chi connectivity index (χ0n) is 20.7. The van der Waals surface area contributed by atoms with Gasteiger partial charge in [0.2, 0.25) is 11.8 Å². The van der Waals surface area contributed by atoms with Crippen LogP contribution in [0.25, 0.3) is 0 Å². The smallest absolute Gasteiger partial charge is 0.322 e. The molecule has 0 aliphatic carbocycles. The van der Waals surface area contributed by atoms with Crippen LogP contribution in [-0.4, -0.2) is 58.7 Å². The molecule has 3 aliphatic rings. The highest BCUT2D eigenvalue weighted by atomic mass is 16.5. The number of imide groups is 1. The number of carbonyl (C=O) groups excluding carboxylic acids is 4. The first-order valence-corrected chi connectivity index (χ1v) is 12.2. The Morgan fingerprint density at radius 1 is 1.18 bits per heavy atom. The molecule has 3 aliphatic heterocycles. The van der Waals surface area contributed by atoms with Gasteiger partial charge in [0.1, 0.15) is 22.7 Å². The Bertz CT molecular complexity index is 1470. The first kappa shape index (κ1) is 23.7. The van der Waals surface area contributed by atoms with E-state index < -0.39 is 17.2 Å². The molecule has 194 valence electrons. The molecule has 0 spiro atoms. The molecule has 2 N–H and O–H groups in total. The second-order valence-electron chi connectivity index (χ2n) is 9.72. The van der Waals surface area contributed by atoms with Gasteiger partial charge in [-0.3, -0.25) is 24.7 Å². The van der Waals surface area contributed by atoms with Crippen LogP contribution < -0.4 is 15.4 Å². The standard InChI is InChI=1S/C27H25N5O6/c1-37-19-5-4-16-13-32(24(34)20(16)10-19)15-27(11-23(33)30-25(27)35)22-9-17-14-31(8-6-21(17)38-22)26(36)29-18-3-2-7-28-12-18/h2-5,7,9-10,12H,6,8,11,13-15H2,1H3,(H,29,36)(H,30,33,35)/t27-/m1/s1. The van der Waals surface area contributed by atoms with Gasteiger partial charge in [0.25, 0.3) is 5.91 Å². The normalized spacial score (nSPS) is 20.3. The number of hydrogen-bond donors (Lipinski definition) is 2. The SMILES string of the molecule is COc1ccc2c(c1)C(=O)N(C[C@@]1(c3cc4c(o3)CCN(C(=O)Nc3cccnc3)C4)CC(=O)NC1=O)C2. The molecule has 0 radical (unpaired) electrons. The average molecular weight is 516 g/mol. The lowest BCUT2D eigenvalue weighted by molar-refractivity contribution is -0.127. The summed E-state index contributed by atoms with van der Waals surface area (Å²) >= 11 is 0. The summed E-state index contributed by atoms with van der Waals surface area (Å²) in [7, 11) is 1.53. The van der Waals surface area contributed by atoms with Gasteiger partial charge in [-0.15, -0.1) is 0 Å². The number of amides is 5. The van der Waals surface area contributed by atoms with Crippen molar-refractivity contribution in [1.82, 2.24) is 20.1 Å². The third-order valence-corrected chi connectivity index (χ3v) is 7.34. The van der Waals surface area contributed by atoms with Gasteiger partial charge in [-0.2, -0.15) is 0 Å². The number of nitrogens with one attached hydrogen (secondary N) is 2. The topological polar surface area (TPSA) is 134 Å². The molecule has 1 saturated heterocycles. The molecule has 11 nitrogen and oxygen atoms in total. The summed E-state index contributed by atoms with van der Waals surface area (Å²) in [6.45, 7) is 0.998. The number of methoxy groups -OCH3 is 1. The summed E-state index contributed by atoms with van der Waals surface area (Å²) in [6.07, 6.45) is 3.51. The lowest BCUT2D eigenvalue weighted by Gasteiger charge is -2.28. The van der Waals surface area contributed by atoms with E-state index in [1.807, 2.05) is 6.07 Å². The van der Waals surface area contributed by atoms with Crippen LogP contribution in [0.5, 0.6) is 5.75 Å². The number of rotatable bonds is 5. The zero-order chi connectivity index (χ0) is 26.4. The first-order chi connectivity index (χ1) is 18.4. The third-order valence-electron chi connectivity index (χ3n) is 7.34. The van der Waals surface area contributed by atoms with E-state index in [0.29, 0.717) is 48.0 Å². The predicted octanol–water partition coefficient (Wildman–Crippen LogP) is 2.21. The van der Waals surface area contributed by atoms with Crippen molar-refractivity contribution in [3.8, 4) is 5.75 Å². The summed E-state index contributed by atoms with van der Waals surface area (Å²) in [4.78, 5) is 58.9. The highest BCUT2D eigenvalue weighted by molar-refractivity contribution is 6.09. The lowest BCUT2D eigenvalue weighted by Crippen LogP contribution is -2.46. The van der Waals surface area contributed by atoms with Gasteiger partial charge in [0.15, 0.2) is 0 Å². The van der Waals surface area contributed by atoms with Gasteiger partial charge in [-0.1, -0.05) is 6.07 Å². The van der Waals surface area contributed by atoms with Gasteiger partial charge in [-0.25, -0.2) is 4.79 Å². The van der Waals surface area contributed by atoms with Crippen molar-refractivity contribution >= 4 is 29.4 Å². The van der Waals surface area contributed by atoms with Crippen LogP contribution in [0.3, 0.4) is 0 Å². The molecule has 1 fully saturated rings. The van der Waals surface area contributed by atoms with E-state index in [1.165, 1.54) is 7.11 Å². The van der Waals surface area contributed by atoms with Gasteiger partial charge in [0, 0.05) is 43.4 Å². The average Bonchev–Trinajstić information content (AvgIpc) is 3.57. The quantitative estimate of drug-likeness (QED) is 0.498. The molecule has 1 atom stereocenters. The highest BCUT2D eigenvalue weighted by Crippen LogP contribution is 2.39. The second kappa shape index (κ2) is 9.02. The van der Waals surface area contributed by atoms with Crippen molar-refractivity contribution in [3.63, 3.8) is 0 Å². The summed E-state index contributed by atoms with van der Waals surface area (Å²) in [6, 6.07) is 10.3. The molecule has 6 rings (SSSR count). The number of furan rings is 1. The van der Waals surface area contributed by atoms with Crippen LogP contribution in [0.2, 0.25) is 0 Å². The Morgan fingerprint density at radius 2 is 2.05 bits per heavy atom. The Morgan fingerprint density at radius 3 is 2.79 bits per heavy atom. The molecule has 0 unspecified atom stereocenters. The molecule has 3 aromatic rings. The fourth-order valence-electron chi connectivity index (χ4n) is 5.35. The van der Waals surface area contributed by atoms with Gasteiger partial charge in [0.05, 0.1) is 32.0 Å². The molecular formula is C27H25N5O6. The van der Waals surface area contributed by atoms with Crippen molar-refractivity contribution in [2.24, 2.45) is 0 Å². The maximum Gasteiger partial charge on any atom is 0.322 e. The maximum atomic E-state index is 13.2. The fourth-order valence-corrected chi connectivity index (χ4v) is 5.35. The van der Waals surface area contributed by atoms with E-state index in [2.05, 4.69) is 15.6 Å². The van der Waals surface area contributed by atoms with Crippen LogP contribution in [0, 0.1) is 0 Å². The van der Waals surface area contributed by atoms with Crippen LogP contribution in [0.1, 0.15) is 39.4 Å². The van der Waals surface area contributed by atoms with Crippen molar-refractivity contribution in [3.05, 3.63) is 77.0 Å². The van der Waals surface area contributed by atoms with E-state index in [-0.39, 0.29) is 31.4 Å². The van der Waals surface area contributed by atoms with E-state index in [0.717, 1.165) is 11.1 Å². The number of hydrogen-bond acceptors (Lipinski definition) is 7. The molecule has 38 heavy (non-hydrogen) atoms. The fraction of sp³-hybridized carbons (Fsp3) is 0.296.